The van der Waals surface area contributed by atoms with Crippen LogP contribution < -0.4 is 10.6 Å². The van der Waals surface area contributed by atoms with Crippen LogP contribution in [0.15, 0.2) is 12.1 Å². The molecule has 0 spiro atoms. The van der Waals surface area contributed by atoms with Crippen LogP contribution >= 0.6 is 0 Å². The molecule has 3 heterocycles. The average molecular weight is 432 g/mol. The van der Waals surface area contributed by atoms with E-state index in [2.05, 4.69) is 22.8 Å². The van der Waals surface area contributed by atoms with E-state index in [4.69, 9.17) is 14.5 Å². The first-order valence-corrected chi connectivity index (χ1v) is 11.4. The second-order valence-corrected chi connectivity index (χ2v) is 9.42. The molecule has 1 saturated carbocycles. The molecule has 2 aliphatic heterocycles. The number of carbonyl (C=O) groups excluding carboxylic acids is 1. The van der Waals surface area contributed by atoms with Gasteiger partial charge in [0, 0.05) is 25.3 Å². The molecule has 1 saturated heterocycles. The lowest BCUT2D eigenvalue weighted by molar-refractivity contribution is -0.161. The summed E-state index contributed by atoms with van der Waals surface area (Å²) >= 11 is 0. The van der Waals surface area contributed by atoms with Crippen LogP contribution in [-0.2, 0) is 31.9 Å². The van der Waals surface area contributed by atoms with Gasteiger partial charge in [0.1, 0.15) is 11.9 Å². The standard InChI is InChI=1S/C23H33N3O5/c1-23(13-30-14-23)22(29)26-19(21(27)28)8-10-31-18-11-15(12-18)4-6-17-7-5-16-3-2-9-24-20(16)25-17/h5,7,15,18-19H,2-4,6,8-14H2,1H3,(H,24,25)(H,26,29)(H,27,28). The monoisotopic (exact) mass is 431 g/mol. The van der Waals surface area contributed by atoms with Crippen molar-refractivity contribution in [2.24, 2.45) is 11.3 Å². The minimum absolute atomic E-state index is 0.186. The quantitative estimate of drug-likeness (QED) is 0.521. The van der Waals surface area contributed by atoms with Gasteiger partial charge in [-0.1, -0.05) is 6.07 Å². The van der Waals surface area contributed by atoms with E-state index in [0.29, 0.717) is 25.7 Å². The summed E-state index contributed by atoms with van der Waals surface area (Å²) in [6, 6.07) is 3.42. The number of carboxylic acids is 1. The molecule has 0 radical (unpaired) electrons. The number of hydrogen-bond acceptors (Lipinski definition) is 6. The molecule has 2 fully saturated rings. The molecule has 1 aromatic rings. The largest absolute Gasteiger partial charge is 0.480 e. The van der Waals surface area contributed by atoms with Crippen LogP contribution in [0.25, 0.3) is 0 Å². The number of carboxylic acid groups (broad SMARTS) is 1. The minimum atomic E-state index is -1.03. The van der Waals surface area contributed by atoms with Gasteiger partial charge in [-0.3, -0.25) is 4.79 Å². The van der Waals surface area contributed by atoms with E-state index in [9.17, 15) is 14.7 Å². The highest BCUT2D eigenvalue weighted by molar-refractivity contribution is 5.87. The Bertz CT molecular complexity index is 804. The first kappa shape index (κ1) is 22.0. The molecule has 1 unspecified atom stereocenters. The van der Waals surface area contributed by atoms with Crippen LogP contribution in [0.3, 0.4) is 0 Å². The van der Waals surface area contributed by atoms with Gasteiger partial charge in [-0.15, -0.1) is 0 Å². The van der Waals surface area contributed by atoms with Crippen molar-refractivity contribution in [3.05, 3.63) is 23.4 Å². The Morgan fingerprint density at radius 1 is 1.39 bits per heavy atom. The number of aliphatic carboxylic acids is 1. The van der Waals surface area contributed by atoms with Gasteiger partial charge in [-0.25, -0.2) is 9.78 Å². The summed E-state index contributed by atoms with van der Waals surface area (Å²) in [7, 11) is 0. The number of aromatic nitrogens is 1. The molecule has 170 valence electrons. The third-order valence-electron chi connectivity index (χ3n) is 6.71. The summed E-state index contributed by atoms with van der Waals surface area (Å²) in [5, 5.41) is 15.4. The molecule has 3 aliphatic rings. The molecule has 4 rings (SSSR count). The number of amides is 1. The molecule has 1 amide bonds. The topological polar surface area (TPSA) is 110 Å². The van der Waals surface area contributed by atoms with Crippen molar-refractivity contribution in [3.63, 3.8) is 0 Å². The van der Waals surface area contributed by atoms with Crippen LogP contribution in [0.4, 0.5) is 5.82 Å². The lowest BCUT2D eigenvalue weighted by Gasteiger charge is -2.37. The lowest BCUT2D eigenvalue weighted by atomic mass is 9.79. The Morgan fingerprint density at radius 2 is 2.19 bits per heavy atom. The molecule has 8 heteroatoms. The molecule has 1 aromatic heterocycles. The third kappa shape index (κ3) is 5.36. The molecule has 3 N–H and O–H groups in total. The van der Waals surface area contributed by atoms with Gasteiger partial charge in [0.2, 0.25) is 5.91 Å². The van der Waals surface area contributed by atoms with Crippen molar-refractivity contribution >= 4 is 17.7 Å². The number of aryl methyl sites for hydroxylation is 2. The molecule has 1 atom stereocenters. The van der Waals surface area contributed by atoms with Gasteiger partial charge in [-0.05, 0) is 63.0 Å². The van der Waals surface area contributed by atoms with Gasteiger partial charge in [0.05, 0.1) is 24.7 Å². The number of pyridine rings is 1. The van der Waals surface area contributed by atoms with E-state index in [1.165, 1.54) is 12.0 Å². The van der Waals surface area contributed by atoms with Crippen molar-refractivity contribution in [1.82, 2.24) is 10.3 Å². The van der Waals surface area contributed by atoms with E-state index >= 15 is 0 Å². The number of nitrogens with zero attached hydrogens (tertiary/aromatic N) is 1. The van der Waals surface area contributed by atoms with Crippen LogP contribution in [0.5, 0.6) is 0 Å². The van der Waals surface area contributed by atoms with Gasteiger partial charge >= 0.3 is 5.97 Å². The maximum atomic E-state index is 12.2. The molecular weight excluding hydrogens is 398 g/mol. The van der Waals surface area contributed by atoms with Crippen LogP contribution in [0.1, 0.15) is 50.3 Å². The summed E-state index contributed by atoms with van der Waals surface area (Å²) in [5.41, 5.74) is 1.85. The zero-order chi connectivity index (χ0) is 21.8. The smallest absolute Gasteiger partial charge is 0.326 e. The molecule has 0 bridgehead atoms. The number of nitrogens with one attached hydrogen (secondary N) is 2. The molecule has 8 nitrogen and oxygen atoms in total. The van der Waals surface area contributed by atoms with Gasteiger partial charge in [0.15, 0.2) is 0 Å². The number of fused-ring (bicyclic) bond motifs is 1. The third-order valence-corrected chi connectivity index (χ3v) is 6.71. The van der Waals surface area contributed by atoms with E-state index < -0.39 is 17.4 Å². The second kappa shape index (κ2) is 9.53. The molecule has 1 aliphatic carbocycles. The second-order valence-electron chi connectivity index (χ2n) is 9.42. The van der Waals surface area contributed by atoms with Crippen LogP contribution in [-0.4, -0.2) is 60.5 Å². The Kier molecular flexibility index (Phi) is 6.77. The van der Waals surface area contributed by atoms with E-state index in [-0.39, 0.29) is 18.4 Å². The predicted octanol–water partition coefficient (Wildman–Crippen LogP) is 2.16. The first-order chi connectivity index (χ1) is 14.9. The Morgan fingerprint density at radius 3 is 2.90 bits per heavy atom. The number of rotatable bonds is 10. The summed E-state index contributed by atoms with van der Waals surface area (Å²) in [6.45, 7) is 3.79. The highest BCUT2D eigenvalue weighted by Crippen LogP contribution is 2.34. The zero-order valence-electron chi connectivity index (χ0n) is 18.2. The van der Waals surface area contributed by atoms with E-state index in [1.807, 2.05) is 0 Å². The van der Waals surface area contributed by atoms with Gasteiger partial charge < -0.3 is 25.2 Å². The Balaban J connectivity index is 1.12. The normalized spacial score (nSPS) is 24.7. The average Bonchev–Trinajstić information content (AvgIpc) is 2.71. The molecule has 0 aromatic carbocycles. The SMILES string of the molecule is CC1(C(=O)NC(CCOC2CC(CCc3ccc4c(n3)NCCC4)C2)C(=O)O)COC1. The Hall–Kier alpha value is -2.19. The van der Waals surface area contributed by atoms with Gasteiger partial charge in [-0.2, -0.15) is 0 Å². The summed E-state index contributed by atoms with van der Waals surface area (Å²) in [6.07, 6.45) is 6.81. The van der Waals surface area contributed by atoms with Crippen molar-refractivity contribution in [2.45, 2.75) is 64.0 Å². The van der Waals surface area contributed by atoms with Crippen LogP contribution in [0.2, 0.25) is 0 Å². The summed E-state index contributed by atoms with van der Waals surface area (Å²) in [4.78, 5) is 28.5. The van der Waals surface area contributed by atoms with Crippen molar-refractivity contribution in [1.29, 1.82) is 0 Å². The fourth-order valence-electron chi connectivity index (χ4n) is 4.39. The van der Waals surface area contributed by atoms with Crippen molar-refractivity contribution in [3.8, 4) is 0 Å². The first-order valence-electron chi connectivity index (χ1n) is 11.4. The summed E-state index contributed by atoms with van der Waals surface area (Å²) < 4.78 is 10.9. The Labute approximate surface area is 183 Å². The van der Waals surface area contributed by atoms with Crippen LogP contribution in [0, 0.1) is 11.3 Å². The van der Waals surface area contributed by atoms with E-state index in [1.54, 1.807) is 6.92 Å². The lowest BCUT2D eigenvalue weighted by Crippen LogP contribution is -2.55. The fourth-order valence-corrected chi connectivity index (χ4v) is 4.39. The summed E-state index contributed by atoms with van der Waals surface area (Å²) in [5.74, 6) is 0.391. The maximum absolute atomic E-state index is 12.2. The number of carbonyl (C=O) groups is 2. The zero-order valence-corrected chi connectivity index (χ0v) is 18.2. The van der Waals surface area contributed by atoms with Crippen molar-refractivity contribution < 1.29 is 24.2 Å². The molecular formula is C23H33N3O5. The maximum Gasteiger partial charge on any atom is 0.326 e. The number of hydrogen-bond donors (Lipinski definition) is 3. The number of anilines is 1. The van der Waals surface area contributed by atoms with Gasteiger partial charge in [0.25, 0.3) is 0 Å². The number of ether oxygens (including phenoxy) is 2. The fraction of sp³-hybridized carbons (Fsp3) is 0.696. The molecule has 31 heavy (non-hydrogen) atoms. The van der Waals surface area contributed by atoms with Crippen molar-refractivity contribution in [2.75, 3.05) is 31.7 Å². The predicted molar refractivity (Wildman–Crippen MR) is 115 cm³/mol. The minimum Gasteiger partial charge on any atom is -0.480 e. The highest BCUT2D eigenvalue weighted by Gasteiger charge is 2.42. The highest BCUT2D eigenvalue weighted by atomic mass is 16.5. The van der Waals surface area contributed by atoms with E-state index in [0.717, 1.165) is 50.2 Å².